The maximum absolute atomic E-state index is 5.90. The molecule has 0 bridgehead atoms. The maximum atomic E-state index is 5.90. The van der Waals surface area contributed by atoms with Crippen molar-refractivity contribution < 1.29 is 9.22 Å². The van der Waals surface area contributed by atoms with Crippen molar-refractivity contribution in [1.82, 2.24) is 0 Å². The Bertz CT molecular complexity index is 416. The Hall–Kier alpha value is -1.46. The first-order valence-electron chi connectivity index (χ1n) is 6.89. The van der Waals surface area contributed by atoms with E-state index in [1.54, 1.807) is 0 Å². The highest BCUT2D eigenvalue weighted by Crippen LogP contribution is 2.21. The summed E-state index contributed by atoms with van der Waals surface area (Å²) in [6.07, 6.45) is 1.12. The SMILES string of the molecule is C[N+]1(CCCNc2cc(N)ccc2N)CCOCC1. The minimum Gasteiger partial charge on any atom is -0.399 e. The summed E-state index contributed by atoms with van der Waals surface area (Å²) in [5.74, 6) is 0. The zero-order valence-corrected chi connectivity index (χ0v) is 11.7. The Morgan fingerprint density at radius 3 is 2.74 bits per heavy atom. The number of nitrogen functional groups attached to an aromatic ring is 2. The molecule has 0 aromatic heterocycles. The van der Waals surface area contributed by atoms with E-state index in [0.717, 1.165) is 60.8 Å². The Labute approximate surface area is 115 Å². The van der Waals surface area contributed by atoms with E-state index in [-0.39, 0.29) is 0 Å². The normalized spacial score (nSPS) is 18.2. The first kappa shape index (κ1) is 14.0. The monoisotopic (exact) mass is 265 g/mol. The van der Waals surface area contributed by atoms with Crippen molar-refractivity contribution in [1.29, 1.82) is 0 Å². The van der Waals surface area contributed by atoms with E-state index >= 15 is 0 Å². The second-order valence-corrected chi connectivity index (χ2v) is 5.53. The number of nitrogens with one attached hydrogen (secondary N) is 1. The van der Waals surface area contributed by atoms with Gasteiger partial charge in [-0.25, -0.2) is 0 Å². The van der Waals surface area contributed by atoms with Crippen LogP contribution in [0.4, 0.5) is 17.1 Å². The second-order valence-electron chi connectivity index (χ2n) is 5.53. The van der Waals surface area contributed by atoms with Crippen LogP contribution in [0.2, 0.25) is 0 Å². The number of benzene rings is 1. The molecule has 0 atom stereocenters. The van der Waals surface area contributed by atoms with Crippen molar-refractivity contribution >= 4 is 17.1 Å². The van der Waals surface area contributed by atoms with E-state index in [1.165, 1.54) is 6.54 Å². The van der Waals surface area contributed by atoms with Crippen LogP contribution < -0.4 is 16.8 Å². The molecule has 5 nitrogen and oxygen atoms in total. The fraction of sp³-hybridized carbons (Fsp3) is 0.571. The summed E-state index contributed by atoms with van der Waals surface area (Å²) in [6.45, 7) is 6.07. The molecule has 0 saturated carbocycles. The van der Waals surface area contributed by atoms with E-state index < -0.39 is 0 Å². The van der Waals surface area contributed by atoms with Crippen LogP contribution in [-0.2, 0) is 4.74 Å². The Morgan fingerprint density at radius 2 is 2.00 bits per heavy atom. The number of hydrogen-bond donors (Lipinski definition) is 3. The fourth-order valence-electron chi connectivity index (χ4n) is 2.42. The number of rotatable bonds is 5. The lowest BCUT2D eigenvalue weighted by molar-refractivity contribution is -0.916. The number of likely N-dealkylation sites (N-methyl/N-ethyl adjacent to an activating group) is 1. The molecule has 5 N–H and O–H groups in total. The molecule has 19 heavy (non-hydrogen) atoms. The van der Waals surface area contributed by atoms with E-state index in [4.69, 9.17) is 16.2 Å². The smallest absolute Gasteiger partial charge is 0.102 e. The molecular weight excluding hydrogens is 240 g/mol. The number of quaternary nitrogens is 1. The molecule has 0 spiro atoms. The summed E-state index contributed by atoms with van der Waals surface area (Å²) in [7, 11) is 2.30. The predicted octanol–water partition coefficient (Wildman–Crippen LogP) is 1.13. The molecular formula is C14H25N4O+. The van der Waals surface area contributed by atoms with Crippen molar-refractivity contribution in [2.75, 3.05) is 63.2 Å². The number of nitrogens with two attached hydrogens (primary N) is 2. The standard InChI is InChI=1S/C14H25N4O/c1-18(7-9-19-10-8-18)6-2-5-17-14-11-12(15)3-4-13(14)16/h3-4,11,17H,2,5-10,15-16H2,1H3/q+1. The van der Waals surface area contributed by atoms with Gasteiger partial charge >= 0.3 is 0 Å². The molecule has 1 aromatic rings. The summed E-state index contributed by atoms with van der Waals surface area (Å²) >= 11 is 0. The third-order valence-corrected chi connectivity index (χ3v) is 3.82. The van der Waals surface area contributed by atoms with Crippen molar-refractivity contribution in [3.8, 4) is 0 Å². The van der Waals surface area contributed by atoms with Crippen LogP contribution in [0, 0.1) is 0 Å². The number of nitrogens with zero attached hydrogens (tertiary/aromatic N) is 1. The summed E-state index contributed by atoms with van der Waals surface area (Å²) in [6, 6.07) is 5.55. The molecule has 0 radical (unpaired) electrons. The van der Waals surface area contributed by atoms with Gasteiger partial charge in [-0.1, -0.05) is 0 Å². The molecule has 1 aliphatic rings. The van der Waals surface area contributed by atoms with Gasteiger partial charge < -0.3 is 26.0 Å². The third-order valence-electron chi connectivity index (χ3n) is 3.82. The largest absolute Gasteiger partial charge is 0.399 e. The lowest BCUT2D eigenvalue weighted by Crippen LogP contribution is -2.52. The molecule has 106 valence electrons. The number of ether oxygens (including phenoxy) is 1. The molecule has 2 rings (SSSR count). The van der Waals surface area contributed by atoms with Crippen molar-refractivity contribution in [2.45, 2.75) is 6.42 Å². The molecule has 1 aromatic carbocycles. The molecule has 5 heteroatoms. The number of morpholine rings is 1. The average molecular weight is 265 g/mol. The Kier molecular flexibility index (Phi) is 4.50. The zero-order chi connectivity index (χ0) is 13.7. The highest BCUT2D eigenvalue weighted by molar-refractivity contribution is 5.70. The molecule has 1 saturated heterocycles. The van der Waals surface area contributed by atoms with Crippen LogP contribution in [0.3, 0.4) is 0 Å². The first-order chi connectivity index (χ1) is 9.09. The lowest BCUT2D eigenvalue weighted by atomic mass is 10.2. The Balaban J connectivity index is 1.75. The van der Waals surface area contributed by atoms with Crippen molar-refractivity contribution in [2.24, 2.45) is 0 Å². The van der Waals surface area contributed by atoms with Gasteiger partial charge in [-0.05, 0) is 18.2 Å². The zero-order valence-electron chi connectivity index (χ0n) is 11.7. The number of anilines is 3. The van der Waals surface area contributed by atoms with E-state index in [9.17, 15) is 0 Å². The van der Waals surface area contributed by atoms with Gasteiger partial charge in [-0.3, -0.25) is 0 Å². The summed E-state index contributed by atoms with van der Waals surface area (Å²) < 4.78 is 6.51. The van der Waals surface area contributed by atoms with Gasteiger partial charge in [0.25, 0.3) is 0 Å². The van der Waals surface area contributed by atoms with Crippen LogP contribution >= 0.6 is 0 Å². The minimum atomic E-state index is 0.740. The molecule has 1 aliphatic heterocycles. The molecule has 0 aliphatic carbocycles. The van der Waals surface area contributed by atoms with E-state index in [1.807, 2.05) is 18.2 Å². The average Bonchev–Trinajstić information content (AvgIpc) is 2.39. The molecule has 1 fully saturated rings. The summed E-state index contributed by atoms with van der Waals surface area (Å²) in [5.41, 5.74) is 14.1. The first-order valence-corrected chi connectivity index (χ1v) is 6.89. The summed E-state index contributed by atoms with van der Waals surface area (Å²) in [4.78, 5) is 0. The highest BCUT2D eigenvalue weighted by atomic mass is 16.5. The van der Waals surface area contributed by atoms with E-state index in [2.05, 4.69) is 12.4 Å². The van der Waals surface area contributed by atoms with Crippen LogP contribution in [-0.4, -0.2) is 50.9 Å². The van der Waals surface area contributed by atoms with Gasteiger partial charge in [0.1, 0.15) is 13.1 Å². The van der Waals surface area contributed by atoms with Gasteiger partial charge in [0.05, 0.1) is 38.2 Å². The minimum absolute atomic E-state index is 0.740. The molecule has 1 heterocycles. The number of hydrogen-bond acceptors (Lipinski definition) is 4. The van der Waals surface area contributed by atoms with Crippen molar-refractivity contribution in [3.05, 3.63) is 18.2 Å². The van der Waals surface area contributed by atoms with Gasteiger partial charge in [0.15, 0.2) is 0 Å². The van der Waals surface area contributed by atoms with E-state index in [0.29, 0.717) is 0 Å². The topological polar surface area (TPSA) is 73.3 Å². The quantitative estimate of drug-likeness (QED) is 0.424. The van der Waals surface area contributed by atoms with Crippen LogP contribution in [0.25, 0.3) is 0 Å². The molecule has 0 unspecified atom stereocenters. The van der Waals surface area contributed by atoms with Crippen LogP contribution in [0.1, 0.15) is 6.42 Å². The molecule has 0 amide bonds. The van der Waals surface area contributed by atoms with Gasteiger partial charge in [-0.2, -0.15) is 0 Å². The van der Waals surface area contributed by atoms with Crippen molar-refractivity contribution in [3.63, 3.8) is 0 Å². The summed E-state index contributed by atoms with van der Waals surface area (Å²) in [5, 5.41) is 3.36. The Morgan fingerprint density at radius 1 is 1.26 bits per heavy atom. The lowest BCUT2D eigenvalue weighted by Gasteiger charge is -2.37. The van der Waals surface area contributed by atoms with Gasteiger partial charge in [0.2, 0.25) is 0 Å². The van der Waals surface area contributed by atoms with Gasteiger partial charge in [-0.15, -0.1) is 0 Å². The maximum Gasteiger partial charge on any atom is 0.102 e. The highest BCUT2D eigenvalue weighted by Gasteiger charge is 2.24. The fourth-order valence-corrected chi connectivity index (χ4v) is 2.42. The van der Waals surface area contributed by atoms with Crippen LogP contribution in [0.5, 0.6) is 0 Å². The second kappa shape index (κ2) is 6.12. The predicted molar refractivity (Wildman–Crippen MR) is 80.0 cm³/mol. The third kappa shape index (κ3) is 4.01. The van der Waals surface area contributed by atoms with Crippen LogP contribution in [0.15, 0.2) is 18.2 Å². The van der Waals surface area contributed by atoms with Gasteiger partial charge in [0, 0.05) is 18.7 Å².